The van der Waals surface area contributed by atoms with E-state index in [2.05, 4.69) is 47.2 Å². The van der Waals surface area contributed by atoms with Crippen molar-refractivity contribution in [3.05, 3.63) is 27.7 Å². The number of aryl methyl sites for hydroxylation is 2. The van der Waals surface area contributed by atoms with Crippen LogP contribution in [0.3, 0.4) is 0 Å². The maximum absolute atomic E-state index is 5.44. The van der Waals surface area contributed by atoms with Crippen LogP contribution in [0.25, 0.3) is 0 Å². The van der Waals surface area contributed by atoms with Crippen molar-refractivity contribution in [3.63, 3.8) is 0 Å². The van der Waals surface area contributed by atoms with Crippen LogP contribution in [0.15, 0.2) is 16.6 Å². The molecule has 102 valence electrons. The maximum atomic E-state index is 5.44. The van der Waals surface area contributed by atoms with Crippen molar-refractivity contribution in [2.75, 3.05) is 20.2 Å². The van der Waals surface area contributed by atoms with E-state index in [0.717, 1.165) is 25.3 Å². The first-order chi connectivity index (χ1) is 8.69. The fourth-order valence-electron chi connectivity index (χ4n) is 1.95. The molecule has 0 aliphatic rings. The average molecular weight is 314 g/mol. The zero-order chi connectivity index (χ0) is 13.4. The first-order valence-corrected chi connectivity index (χ1v) is 7.52. The van der Waals surface area contributed by atoms with Crippen LogP contribution in [-0.2, 0) is 6.42 Å². The van der Waals surface area contributed by atoms with Crippen molar-refractivity contribution >= 4 is 15.9 Å². The monoisotopic (exact) mass is 313 g/mol. The molecule has 0 bridgehead atoms. The van der Waals surface area contributed by atoms with Gasteiger partial charge >= 0.3 is 0 Å². The average Bonchev–Trinajstić information content (AvgIpc) is 2.37. The summed E-state index contributed by atoms with van der Waals surface area (Å²) in [5, 5.41) is 3.43. The van der Waals surface area contributed by atoms with E-state index >= 15 is 0 Å². The van der Waals surface area contributed by atoms with E-state index < -0.39 is 0 Å². The van der Waals surface area contributed by atoms with Crippen LogP contribution in [0.2, 0.25) is 0 Å². The topological polar surface area (TPSA) is 21.3 Å². The summed E-state index contributed by atoms with van der Waals surface area (Å²) < 4.78 is 6.61. The van der Waals surface area contributed by atoms with Gasteiger partial charge in [-0.1, -0.05) is 22.9 Å². The zero-order valence-electron chi connectivity index (χ0n) is 11.7. The summed E-state index contributed by atoms with van der Waals surface area (Å²) in [5.74, 6) is 1.01. The van der Waals surface area contributed by atoms with Crippen LogP contribution >= 0.6 is 15.9 Å². The molecule has 0 heterocycles. The SMILES string of the molecule is CCCNCCCCc1cc(Br)c(C)cc1OC. The predicted molar refractivity (Wildman–Crippen MR) is 81.5 cm³/mol. The highest BCUT2D eigenvalue weighted by molar-refractivity contribution is 9.10. The fraction of sp³-hybridized carbons (Fsp3) is 0.600. The van der Waals surface area contributed by atoms with E-state index in [0.29, 0.717) is 0 Å². The molecule has 0 aliphatic heterocycles. The van der Waals surface area contributed by atoms with E-state index in [1.54, 1.807) is 7.11 Å². The van der Waals surface area contributed by atoms with Gasteiger partial charge in [-0.05, 0) is 69.0 Å². The highest BCUT2D eigenvalue weighted by Gasteiger charge is 2.06. The second-order valence-corrected chi connectivity index (χ2v) is 5.47. The smallest absolute Gasteiger partial charge is 0.122 e. The van der Waals surface area contributed by atoms with Crippen molar-refractivity contribution in [1.29, 1.82) is 0 Å². The molecule has 0 saturated heterocycles. The molecule has 1 N–H and O–H groups in total. The van der Waals surface area contributed by atoms with Gasteiger partial charge in [0.25, 0.3) is 0 Å². The minimum Gasteiger partial charge on any atom is -0.496 e. The maximum Gasteiger partial charge on any atom is 0.122 e. The van der Waals surface area contributed by atoms with Gasteiger partial charge in [0, 0.05) is 4.47 Å². The Balaban J connectivity index is 2.43. The van der Waals surface area contributed by atoms with E-state index in [4.69, 9.17) is 4.74 Å². The van der Waals surface area contributed by atoms with Crippen LogP contribution in [0.1, 0.15) is 37.3 Å². The summed E-state index contributed by atoms with van der Waals surface area (Å²) in [4.78, 5) is 0. The van der Waals surface area contributed by atoms with Gasteiger partial charge in [0.1, 0.15) is 5.75 Å². The van der Waals surface area contributed by atoms with Crippen LogP contribution in [0, 0.1) is 6.92 Å². The third kappa shape index (κ3) is 4.99. The van der Waals surface area contributed by atoms with Crippen LogP contribution in [0.4, 0.5) is 0 Å². The van der Waals surface area contributed by atoms with Gasteiger partial charge < -0.3 is 10.1 Å². The Morgan fingerprint density at radius 2 is 2.00 bits per heavy atom. The van der Waals surface area contributed by atoms with Crippen molar-refractivity contribution in [1.82, 2.24) is 5.32 Å². The third-order valence-electron chi connectivity index (χ3n) is 3.04. The highest BCUT2D eigenvalue weighted by Crippen LogP contribution is 2.27. The fourth-order valence-corrected chi connectivity index (χ4v) is 2.34. The lowest BCUT2D eigenvalue weighted by atomic mass is 10.0. The van der Waals surface area contributed by atoms with Gasteiger partial charge in [-0.15, -0.1) is 0 Å². The van der Waals surface area contributed by atoms with Crippen molar-refractivity contribution in [2.24, 2.45) is 0 Å². The third-order valence-corrected chi connectivity index (χ3v) is 3.89. The number of rotatable bonds is 8. The quantitative estimate of drug-likeness (QED) is 0.730. The normalized spacial score (nSPS) is 10.7. The van der Waals surface area contributed by atoms with Gasteiger partial charge in [0.2, 0.25) is 0 Å². The van der Waals surface area contributed by atoms with Gasteiger partial charge in [-0.2, -0.15) is 0 Å². The Morgan fingerprint density at radius 3 is 2.67 bits per heavy atom. The van der Waals surface area contributed by atoms with Gasteiger partial charge in [-0.3, -0.25) is 0 Å². The lowest BCUT2D eigenvalue weighted by Crippen LogP contribution is -2.15. The number of benzene rings is 1. The van der Waals surface area contributed by atoms with Crippen molar-refractivity contribution in [2.45, 2.75) is 39.5 Å². The molecular weight excluding hydrogens is 290 g/mol. The predicted octanol–water partition coefficient (Wildman–Crippen LogP) is 4.09. The molecular formula is C15H24BrNO. The van der Waals surface area contributed by atoms with E-state index in [9.17, 15) is 0 Å². The highest BCUT2D eigenvalue weighted by atomic mass is 79.9. The second-order valence-electron chi connectivity index (χ2n) is 4.62. The van der Waals surface area contributed by atoms with Gasteiger partial charge in [-0.25, -0.2) is 0 Å². The number of hydrogen-bond donors (Lipinski definition) is 1. The standard InChI is InChI=1S/C15H24BrNO/c1-4-8-17-9-6-5-7-13-11-14(16)12(2)10-15(13)18-3/h10-11,17H,4-9H2,1-3H3. The Labute approximate surface area is 119 Å². The molecule has 0 atom stereocenters. The second kappa shape index (κ2) is 8.54. The summed E-state index contributed by atoms with van der Waals surface area (Å²) >= 11 is 3.58. The summed E-state index contributed by atoms with van der Waals surface area (Å²) in [7, 11) is 1.75. The first kappa shape index (κ1) is 15.5. The Hall–Kier alpha value is -0.540. The molecule has 0 aromatic heterocycles. The number of nitrogens with one attached hydrogen (secondary N) is 1. The van der Waals surface area contributed by atoms with Crippen molar-refractivity contribution < 1.29 is 4.74 Å². The number of ether oxygens (including phenoxy) is 1. The lowest BCUT2D eigenvalue weighted by molar-refractivity contribution is 0.408. The molecule has 0 unspecified atom stereocenters. The largest absolute Gasteiger partial charge is 0.496 e. The van der Waals surface area contributed by atoms with Crippen LogP contribution < -0.4 is 10.1 Å². The molecule has 0 fully saturated rings. The summed E-state index contributed by atoms with van der Waals surface area (Å²) in [6.07, 6.45) is 4.70. The molecule has 0 amide bonds. The van der Waals surface area contributed by atoms with E-state index in [1.807, 2.05) is 0 Å². The number of methoxy groups -OCH3 is 1. The molecule has 0 aliphatic carbocycles. The van der Waals surface area contributed by atoms with Crippen LogP contribution in [-0.4, -0.2) is 20.2 Å². The lowest BCUT2D eigenvalue weighted by Gasteiger charge is -2.11. The number of halogens is 1. The molecule has 1 aromatic carbocycles. The minimum atomic E-state index is 1.01. The molecule has 1 aromatic rings. The minimum absolute atomic E-state index is 1.01. The molecule has 0 spiro atoms. The Bertz CT molecular complexity index is 366. The number of unbranched alkanes of at least 4 members (excludes halogenated alkanes) is 1. The van der Waals surface area contributed by atoms with Crippen LogP contribution in [0.5, 0.6) is 5.75 Å². The molecule has 2 nitrogen and oxygen atoms in total. The summed E-state index contributed by atoms with van der Waals surface area (Å²) in [6.45, 7) is 6.52. The Morgan fingerprint density at radius 1 is 1.22 bits per heavy atom. The molecule has 0 radical (unpaired) electrons. The van der Waals surface area contributed by atoms with Gasteiger partial charge in [0.15, 0.2) is 0 Å². The summed E-state index contributed by atoms with van der Waals surface area (Å²) in [5.41, 5.74) is 2.52. The first-order valence-electron chi connectivity index (χ1n) is 6.72. The number of hydrogen-bond acceptors (Lipinski definition) is 2. The molecule has 0 saturated carbocycles. The van der Waals surface area contributed by atoms with E-state index in [-0.39, 0.29) is 0 Å². The molecule has 18 heavy (non-hydrogen) atoms. The van der Waals surface area contributed by atoms with Gasteiger partial charge in [0.05, 0.1) is 7.11 Å². The van der Waals surface area contributed by atoms with E-state index in [1.165, 1.54) is 34.9 Å². The van der Waals surface area contributed by atoms with Crippen molar-refractivity contribution in [3.8, 4) is 5.75 Å². The summed E-state index contributed by atoms with van der Waals surface area (Å²) in [6, 6.07) is 4.29. The molecule has 1 rings (SSSR count). The zero-order valence-corrected chi connectivity index (χ0v) is 13.3. The molecule has 3 heteroatoms. The Kier molecular flexibility index (Phi) is 7.36.